The van der Waals surface area contributed by atoms with Gasteiger partial charge >= 0.3 is 0 Å². The van der Waals surface area contributed by atoms with Crippen LogP contribution in [0.1, 0.15) is 36.0 Å². The third kappa shape index (κ3) is 2.98. The van der Waals surface area contributed by atoms with Crippen molar-refractivity contribution in [3.63, 3.8) is 0 Å². The molecule has 1 atom stereocenters. The topological polar surface area (TPSA) is 47.9 Å². The first-order chi connectivity index (χ1) is 14.4. The maximum Gasteiger partial charge on any atom is 0.225 e. The molecule has 30 heavy (non-hydrogen) atoms. The van der Waals surface area contributed by atoms with Crippen molar-refractivity contribution >= 4 is 23.3 Å². The SMILES string of the molecule is CN1C=C2C(=C(C3=CCC(C(=O)N(C)C)CC3)C1)NN=C1C=Cc3cc(F)cc2c31. The minimum atomic E-state index is -0.242. The first-order valence-electron chi connectivity index (χ1n) is 10.3. The van der Waals surface area contributed by atoms with E-state index in [-0.39, 0.29) is 17.6 Å². The third-order valence-electron chi connectivity index (χ3n) is 6.31. The summed E-state index contributed by atoms with van der Waals surface area (Å²) in [5, 5.41) is 4.64. The van der Waals surface area contributed by atoms with Crippen LogP contribution in [-0.2, 0) is 4.79 Å². The summed E-state index contributed by atoms with van der Waals surface area (Å²) < 4.78 is 14.4. The van der Waals surface area contributed by atoms with Crippen molar-refractivity contribution in [1.29, 1.82) is 0 Å². The van der Waals surface area contributed by atoms with Crippen molar-refractivity contribution in [2.45, 2.75) is 19.3 Å². The van der Waals surface area contributed by atoms with Gasteiger partial charge in [-0.2, -0.15) is 5.10 Å². The van der Waals surface area contributed by atoms with Crippen LogP contribution < -0.4 is 5.43 Å². The van der Waals surface area contributed by atoms with Gasteiger partial charge in [0.25, 0.3) is 0 Å². The minimum Gasteiger partial charge on any atom is -0.375 e. The summed E-state index contributed by atoms with van der Waals surface area (Å²) in [6.07, 6.45) is 10.6. The number of benzene rings is 1. The maximum atomic E-state index is 14.4. The van der Waals surface area contributed by atoms with E-state index >= 15 is 0 Å². The molecule has 0 saturated carbocycles. The van der Waals surface area contributed by atoms with Crippen LogP contribution >= 0.6 is 0 Å². The van der Waals surface area contributed by atoms with Gasteiger partial charge in [-0.15, -0.1) is 0 Å². The Bertz CT molecular complexity index is 1110. The van der Waals surface area contributed by atoms with E-state index in [2.05, 4.69) is 27.7 Å². The highest BCUT2D eigenvalue weighted by atomic mass is 19.1. The number of hydrogen-bond acceptors (Lipinski definition) is 4. The van der Waals surface area contributed by atoms with Crippen LogP contribution in [0, 0.1) is 11.7 Å². The normalized spacial score (nSPS) is 21.8. The zero-order valence-electron chi connectivity index (χ0n) is 17.5. The highest BCUT2D eigenvalue weighted by Gasteiger charge is 2.31. The number of hydrazone groups is 1. The average molecular weight is 404 g/mol. The van der Waals surface area contributed by atoms with Gasteiger partial charge in [-0.05, 0) is 59.7 Å². The molecule has 4 aliphatic rings. The average Bonchev–Trinajstić information content (AvgIpc) is 3.06. The minimum absolute atomic E-state index is 0.0468. The Hall–Kier alpha value is -3.15. The van der Waals surface area contributed by atoms with Crippen LogP contribution in [-0.4, -0.2) is 49.1 Å². The molecule has 0 saturated heterocycles. The molecule has 1 aromatic rings. The molecule has 1 N–H and O–H groups in total. The first kappa shape index (κ1) is 18.9. The molecular formula is C24H25FN4O. The summed E-state index contributed by atoms with van der Waals surface area (Å²) in [7, 11) is 5.66. The van der Waals surface area contributed by atoms with Gasteiger partial charge in [-0.25, -0.2) is 4.39 Å². The van der Waals surface area contributed by atoms with E-state index in [0.29, 0.717) is 0 Å². The van der Waals surface area contributed by atoms with Gasteiger partial charge in [-0.3, -0.25) is 10.2 Å². The van der Waals surface area contributed by atoms with Crippen molar-refractivity contribution in [3.8, 4) is 0 Å². The van der Waals surface area contributed by atoms with Gasteiger partial charge in [0.1, 0.15) is 5.82 Å². The molecule has 2 aliphatic carbocycles. The van der Waals surface area contributed by atoms with E-state index in [1.54, 1.807) is 17.0 Å². The molecule has 1 aromatic carbocycles. The summed E-state index contributed by atoms with van der Waals surface area (Å²) in [5.41, 5.74) is 11.2. The first-order valence-corrected chi connectivity index (χ1v) is 10.3. The summed E-state index contributed by atoms with van der Waals surface area (Å²) in [5.74, 6) is -0.00370. The highest BCUT2D eigenvalue weighted by Crippen LogP contribution is 2.40. The fourth-order valence-corrected chi connectivity index (χ4v) is 4.83. The Labute approximate surface area is 175 Å². The summed E-state index contributed by atoms with van der Waals surface area (Å²) in [6, 6.07) is 3.17. The second-order valence-electron chi connectivity index (χ2n) is 8.60. The molecule has 0 radical (unpaired) electrons. The maximum absolute atomic E-state index is 14.4. The van der Waals surface area contributed by atoms with E-state index in [1.807, 2.05) is 33.3 Å². The predicted molar refractivity (Wildman–Crippen MR) is 117 cm³/mol. The van der Waals surface area contributed by atoms with Crippen molar-refractivity contribution in [2.24, 2.45) is 11.0 Å². The number of carbonyl (C=O) groups is 1. The van der Waals surface area contributed by atoms with Gasteiger partial charge in [0.15, 0.2) is 0 Å². The second-order valence-corrected chi connectivity index (χ2v) is 8.60. The number of nitrogens with zero attached hydrogens (tertiary/aromatic N) is 3. The Morgan fingerprint density at radius 2 is 2.13 bits per heavy atom. The molecule has 2 heterocycles. The molecule has 0 aromatic heterocycles. The van der Waals surface area contributed by atoms with Crippen LogP contribution in [0.4, 0.5) is 4.39 Å². The summed E-state index contributed by atoms with van der Waals surface area (Å²) in [6.45, 7) is 0.752. The number of halogens is 1. The Kier molecular flexibility index (Phi) is 4.38. The quantitative estimate of drug-likeness (QED) is 0.821. The molecule has 5 rings (SSSR count). The number of hydrogen-bond donors (Lipinski definition) is 1. The lowest BCUT2D eigenvalue weighted by atomic mass is 9.82. The second kappa shape index (κ2) is 6.97. The van der Waals surface area contributed by atoms with Crippen molar-refractivity contribution in [1.82, 2.24) is 15.2 Å². The third-order valence-corrected chi connectivity index (χ3v) is 6.31. The molecule has 154 valence electrons. The van der Waals surface area contributed by atoms with Crippen LogP contribution in [0.3, 0.4) is 0 Å². The molecule has 0 spiro atoms. The van der Waals surface area contributed by atoms with E-state index in [0.717, 1.165) is 59.5 Å². The van der Waals surface area contributed by atoms with Gasteiger partial charge in [0, 0.05) is 50.9 Å². The van der Waals surface area contributed by atoms with Gasteiger partial charge < -0.3 is 9.80 Å². The van der Waals surface area contributed by atoms with Gasteiger partial charge in [0.05, 0.1) is 11.4 Å². The van der Waals surface area contributed by atoms with Crippen molar-refractivity contribution < 1.29 is 9.18 Å². The zero-order chi connectivity index (χ0) is 21.0. The van der Waals surface area contributed by atoms with Gasteiger partial charge in [-0.1, -0.05) is 12.2 Å². The number of fused-ring (bicyclic) bond motifs is 2. The molecule has 5 nitrogen and oxygen atoms in total. The molecule has 1 unspecified atom stereocenters. The number of nitrogens with one attached hydrogen (secondary N) is 1. The highest BCUT2D eigenvalue weighted by molar-refractivity contribution is 6.20. The fourth-order valence-electron chi connectivity index (χ4n) is 4.83. The lowest BCUT2D eigenvalue weighted by molar-refractivity contribution is -0.133. The largest absolute Gasteiger partial charge is 0.375 e. The van der Waals surface area contributed by atoms with Crippen LogP contribution in [0.25, 0.3) is 11.6 Å². The number of carbonyl (C=O) groups excluding carboxylic acids is 1. The zero-order valence-corrected chi connectivity index (χ0v) is 17.5. The molecule has 6 heteroatoms. The lowest BCUT2D eigenvalue weighted by Crippen LogP contribution is -2.31. The smallest absolute Gasteiger partial charge is 0.225 e. The summed E-state index contributed by atoms with van der Waals surface area (Å²) in [4.78, 5) is 16.2. The van der Waals surface area contributed by atoms with Crippen molar-refractivity contribution in [3.05, 3.63) is 69.8 Å². The monoisotopic (exact) mass is 404 g/mol. The Balaban J connectivity index is 1.58. The van der Waals surface area contributed by atoms with E-state index in [4.69, 9.17) is 0 Å². The van der Waals surface area contributed by atoms with E-state index < -0.39 is 0 Å². The standard InChI is InChI=1S/C24H25FN4O/c1-28(2)24(30)15-6-4-14(5-7-15)19-12-29(3)13-20-18-11-17(25)10-16-8-9-21(22(16)18)26-27-23(19)20/h4,8-11,13,15,27H,5-7,12H2,1-3H3. The number of likely N-dealkylation sites (N-methyl/N-ethyl adjacent to an activating group) is 1. The van der Waals surface area contributed by atoms with Crippen molar-refractivity contribution in [2.75, 3.05) is 27.7 Å². The van der Waals surface area contributed by atoms with Gasteiger partial charge in [0.2, 0.25) is 5.91 Å². The van der Waals surface area contributed by atoms with E-state index in [1.165, 1.54) is 11.1 Å². The molecular weight excluding hydrogens is 379 g/mol. The molecule has 0 bridgehead atoms. The lowest BCUT2D eigenvalue weighted by Gasteiger charge is -2.31. The number of rotatable bonds is 2. The predicted octanol–water partition coefficient (Wildman–Crippen LogP) is 3.51. The molecule has 1 amide bonds. The summed E-state index contributed by atoms with van der Waals surface area (Å²) >= 11 is 0. The fraction of sp³-hybridized carbons (Fsp3) is 0.333. The Morgan fingerprint density at radius 3 is 2.87 bits per heavy atom. The van der Waals surface area contributed by atoms with Crippen LogP contribution in [0.2, 0.25) is 0 Å². The number of amides is 1. The van der Waals surface area contributed by atoms with Crippen LogP contribution in [0.15, 0.2) is 52.4 Å². The Morgan fingerprint density at radius 1 is 1.30 bits per heavy atom. The molecule has 0 fully saturated rings. The van der Waals surface area contributed by atoms with E-state index in [9.17, 15) is 9.18 Å². The molecule has 2 aliphatic heterocycles. The van der Waals surface area contributed by atoms with Crippen LogP contribution in [0.5, 0.6) is 0 Å². The number of allylic oxidation sites excluding steroid dienone is 3.